The van der Waals surface area contributed by atoms with Gasteiger partial charge in [0.1, 0.15) is 0 Å². The molecule has 0 radical (unpaired) electrons. The van der Waals surface area contributed by atoms with Crippen molar-refractivity contribution in [3.63, 3.8) is 0 Å². The minimum Gasteiger partial charge on any atom is -0.344 e. The normalized spacial score (nSPS) is 18.0. The molecule has 1 aliphatic heterocycles. The van der Waals surface area contributed by atoms with Crippen LogP contribution in [0.25, 0.3) is 10.9 Å². The summed E-state index contributed by atoms with van der Waals surface area (Å²) in [7, 11) is 0. The van der Waals surface area contributed by atoms with Crippen molar-refractivity contribution in [2.24, 2.45) is 0 Å². The Hall–Kier alpha value is -2.13. The molecule has 0 fully saturated rings. The van der Waals surface area contributed by atoms with E-state index < -0.39 is 0 Å². The SMILES string of the molecule is CCN1Cc2c(n(CCc3ccccn3)c3ccccc23)CC1C. The van der Waals surface area contributed by atoms with Gasteiger partial charge in [0.05, 0.1) is 0 Å². The molecule has 0 saturated heterocycles. The molecule has 3 heteroatoms. The zero-order chi connectivity index (χ0) is 16.5. The second-order valence-corrected chi connectivity index (χ2v) is 6.78. The highest BCUT2D eigenvalue weighted by atomic mass is 15.2. The number of para-hydroxylation sites is 1. The predicted octanol–water partition coefficient (Wildman–Crippen LogP) is 4.05. The second kappa shape index (κ2) is 6.40. The first-order chi connectivity index (χ1) is 11.8. The molecule has 0 spiro atoms. The van der Waals surface area contributed by atoms with E-state index in [1.807, 2.05) is 12.3 Å². The predicted molar refractivity (Wildman–Crippen MR) is 99.1 cm³/mol. The summed E-state index contributed by atoms with van der Waals surface area (Å²) in [6, 6.07) is 15.7. The molecular formula is C21H25N3. The third-order valence-electron chi connectivity index (χ3n) is 5.39. The molecule has 124 valence electrons. The minimum atomic E-state index is 0.611. The van der Waals surface area contributed by atoms with E-state index in [0.29, 0.717) is 6.04 Å². The Bertz CT molecular complexity index is 835. The first-order valence-electron chi connectivity index (χ1n) is 9.01. The molecule has 1 aromatic carbocycles. The van der Waals surface area contributed by atoms with Gasteiger partial charge in [0, 0.05) is 60.5 Å². The topological polar surface area (TPSA) is 21.1 Å². The summed E-state index contributed by atoms with van der Waals surface area (Å²) >= 11 is 0. The molecule has 1 unspecified atom stereocenters. The number of nitrogens with zero attached hydrogens (tertiary/aromatic N) is 3. The molecule has 1 aliphatic rings. The Morgan fingerprint density at radius 3 is 2.75 bits per heavy atom. The Kier molecular flexibility index (Phi) is 4.11. The first kappa shape index (κ1) is 15.4. The number of hydrogen-bond acceptors (Lipinski definition) is 2. The summed E-state index contributed by atoms with van der Waals surface area (Å²) in [5, 5.41) is 1.43. The van der Waals surface area contributed by atoms with Crippen molar-refractivity contribution >= 4 is 10.9 Å². The highest BCUT2D eigenvalue weighted by Gasteiger charge is 2.27. The van der Waals surface area contributed by atoms with Crippen LogP contribution in [0.5, 0.6) is 0 Å². The fourth-order valence-electron chi connectivity index (χ4n) is 4.06. The molecule has 3 heterocycles. The largest absolute Gasteiger partial charge is 0.344 e. The van der Waals surface area contributed by atoms with Crippen molar-refractivity contribution in [1.82, 2.24) is 14.5 Å². The average molecular weight is 319 g/mol. The van der Waals surface area contributed by atoms with Crippen LogP contribution in [0.3, 0.4) is 0 Å². The Morgan fingerprint density at radius 2 is 1.96 bits per heavy atom. The van der Waals surface area contributed by atoms with Crippen molar-refractivity contribution < 1.29 is 0 Å². The monoisotopic (exact) mass is 319 g/mol. The fraction of sp³-hybridized carbons (Fsp3) is 0.381. The van der Waals surface area contributed by atoms with Gasteiger partial charge < -0.3 is 4.57 Å². The highest BCUT2D eigenvalue weighted by molar-refractivity contribution is 5.85. The number of benzene rings is 1. The van der Waals surface area contributed by atoms with E-state index in [2.05, 4.69) is 64.7 Å². The van der Waals surface area contributed by atoms with Crippen LogP contribution in [0.15, 0.2) is 48.7 Å². The van der Waals surface area contributed by atoms with E-state index in [-0.39, 0.29) is 0 Å². The number of fused-ring (bicyclic) bond motifs is 3. The van der Waals surface area contributed by atoms with E-state index in [1.54, 1.807) is 0 Å². The molecule has 3 aromatic rings. The maximum Gasteiger partial charge on any atom is 0.0486 e. The van der Waals surface area contributed by atoms with Crippen molar-refractivity contribution in [3.05, 3.63) is 65.6 Å². The number of rotatable bonds is 4. The highest BCUT2D eigenvalue weighted by Crippen LogP contribution is 2.33. The van der Waals surface area contributed by atoms with Gasteiger partial charge in [0.25, 0.3) is 0 Å². The Balaban J connectivity index is 1.74. The minimum absolute atomic E-state index is 0.611. The van der Waals surface area contributed by atoms with Crippen molar-refractivity contribution in [2.75, 3.05) is 6.54 Å². The molecule has 24 heavy (non-hydrogen) atoms. The van der Waals surface area contributed by atoms with Gasteiger partial charge in [-0.25, -0.2) is 0 Å². The second-order valence-electron chi connectivity index (χ2n) is 6.78. The fourth-order valence-corrected chi connectivity index (χ4v) is 4.06. The maximum atomic E-state index is 4.49. The summed E-state index contributed by atoms with van der Waals surface area (Å²) in [6.45, 7) is 7.82. The van der Waals surface area contributed by atoms with Gasteiger partial charge in [0.15, 0.2) is 0 Å². The summed E-state index contributed by atoms with van der Waals surface area (Å²) in [6.07, 6.45) is 4.01. The van der Waals surface area contributed by atoms with E-state index in [1.165, 1.54) is 27.9 Å². The van der Waals surface area contributed by atoms with Crippen LogP contribution in [0, 0.1) is 0 Å². The smallest absolute Gasteiger partial charge is 0.0486 e. The molecule has 4 rings (SSSR count). The lowest BCUT2D eigenvalue weighted by Gasteiger charge is -2.33. The third kappa shape index (κ3) is 2.63. The van der Waals surface area contributed by atoms with Crippen LogP contribution < -0.4 is 0 Å². The van der Waals surface area contributed by atoms with E-state index in [4.69, 9.17) is 0 Å². The van der Waals surface area contributed by atoms with Gasteiger partial charge >= 0.3 is 0 Å². The number of aryl methyl sites for hydroxylation is 2. The van der Waals surface area contributed by atoms with Gasteiger partial charge in [-0.05, 0) is 37.2 Å². The zero-order valence-corrected chi connectivity index (χ0v) is 14.6. The van der Waals surface area contributed by atoms with E-state index >= 15 is 0 Å². The van der Waals surface area contributed by atoms with Crippen molar-refractivity contribution in [1.29, 1.82) is 0 Å². The molecule has 0 bridgehead atoms. The molecule has 0 amide bonds. The lowest BCUT2D eigenvalue weighted by Crippen LogP contribution is -2.38. The van der Waals surface area contributed by atoms with Gasteiger partial charge in [-0.1, -0.05) is 31.2 Å². The number of pyridine rings is 1. The van der Waals surface area contributed by atoms with E-state index in [0.717, 1.165) is 32.5 Å². The van der Waals surface area contributed by atoms with Gasteiger partial charge in [-0.3, -0.25) is 9.88 Å². The van der Waals surface area contributed by atoms with Crippen molar-refractivity contribution in [2.45, 2.75) is 45.8 Å². The van der Waals surface area contributed by atoms with E-state index in [9.17, 15) is 0 Å². The van der Waals surface area contributed by atoms with Crippen LogP contribution in [0.2, 0.25) is 0 Å². The number of likely N-dealkylation sites (N-methyl/N-ethyl adjacent to an activating group) is 1. The van der Waals surface area contributed by atoms with Crippen LogP contribution in [0.4, 0.5) is 0 Å². The summed E-state index contributed by atoms with van der Waals surface area (Å²) in [4.78, 5) is 7.07. The third-order valence-corrected chi connectivity index (χ3v) is 5.39. The molecule has 3 nitrogen and oxygen atoms in total. The standard InChI is InChI=1S/C21H25N3/c1-3-23-15-19-18-9-4-5-10-20(18)24(21(19)14-16(23)2)13-11-17-8-6-7-12-22-17/h4-10,12,16H,3,11,13-15H2,1-2H3. The van der Waals surface area contributed by atoms with Gasteiger partial charge in [-0.15, -0.1) is 0 Å². The Labute approximate surface area is 143 Å². The van der Waals surface area contributed by atoms with Crippen molar-refractivity contribution in [3.8, 4) is 0 Å². The summed E-state index contributed by atoms with van der Waals surface area (Å²) in [5.41, 5.74) is 5.61. The lowest BCUT2D eigenvalue weighted by atomic mass is 9.99. The quantitative estimate of drug-likeness (QED) is 0.723. The molecular weight excluding hydrogens is 294 g/mol. The molecule has 1 atom stereocenters. The molecule has 0 saturated carbocycles. The maximum absolute atomic E-state index is 4.49. The molecule has 0 aliphatic carbocycles. The Morgan fingerprint density at radius 1 is 1.12 bits per heavy atom. The summed E-state index contributed by atoms with van der Waals surface area (Å²) in [5.74, 6) is 0. The van der Waals surface area contributed by atoms with Crippen LogP contribution in [-0.4, -0.2) is 27.0 Å². The zero-order valence-electron chi connectivity index (χ0n) is 14.6. The first-order valence-corrected chi connectivity index (χ1v) is 9.01. The number of aromatic nitrogens is 2. The van der Waals surface area contributed by atoms with Gasteiger partial charge in [0.2, 0.25) is 0 Å². The molecule has 0 N–H and O–H groups in total. The molecule has 2 aromatic heterocycles. The van der Waals surface area contributed by atoms with Crippen LogP contribution in [-0.2, 0) is 25.9 Å². The number of hydrogen-bond donors (Lipinski definition) is 0. The van der Waals surface area contributed by atoms with Crippen LogP contribution >= 0.6 is 0 Å². The van der Waals surface area contributed by atoms with Gasteiger partial charge in [-0.2, -0.15) is 0 Å². The lowest BCUT2D eigenvalue weighted by molar-refractivity contribution is 0.192. The van der Waals surface area contributed by atoms with Crippen LogP contribution in [0.1, 0.15) is 30.8 Å². The summed E-state index contributed by atoms with van der Waals surface area (Å²) < 4.78 is 2.54. The average Bonchev–Trinajstić information content (AvgIpc) is 2.93.